The molecule has 0 bridgehead atoms. The van der Waals surface area contributed by atoms with Crippen LogP contribution in [0.3, 0.4) is 0 Å². The smallest absolute Gasteiger partial charge is 0.306 e. The van der Waals surface area contributed by atoms with E-state index in [4.69, 9.17) is 9.84 Å². The molecule has 3 nitrogen and oxygen atoms in total. The van der Waals surface area contributed by atoms with E-state index in [1.807, 2.05) is 6.92 Å². The molecule has 0 heterocycles. The summed E-state index contributed by atoms with van der Waals surface area (Å²) in [6, 6.07) is 0. The highest BCUT2D eigenvalue weighted by atomic mass is 16.5. The Morgan fingerprint density at radius 2 is 2.07 bits per heavy atom. The highest BCUT2D eigenvalue weighted by molar-refractivity contribution is 5.69. The van der Waals surface area contributed by atoms with Gasteiger partial charge in [0.25, 0.3) is 0 Å². The molecule has 0 saturated heterocycles. The minimum Gasteiger partial charge on any atom is -0.481 e. The summed E-state index contributed by atoms with van der Waals surface area (Å²) in [6.07, 6.45) is 2.34. The van der Waals surface area contributed by atoms with Crippen LogP contribution >= 0.6 is 0 Å². The molecular weight excluding hydrogens is 180 g/mol. The van der Waals surface area contributed by atoms with Crippen LogP contribution in [-0.2, 0) is 9.53 Å². The molecule has 0 amide bonds. The topological polar surface area (TPSA) is 46.5 Å². The molecule has 0 fully saturated rings. The summed E-state index contributed by atoms with van der Waals surface area (Å²) in [5.41, 5.74) is 0. The van der Waals surface area contributed by atoms with Crippen molar-refractivity contribution in [2.45, 2.75) is 40.0 Å². The lowest BCUT2D eigenvalue weighted by atomic mass is 9.93. The largest absolute Gasteiger partial charge is 0.481 e. The third-order valence-corrected chi connectivity index (χ3v) is 2.15. The molecular formula is C11H22O3. The number of hydrogen-bond acceptors (Lipinski definition) is 2. The van der Waals surface area contributed by atoms with Gasteiger partial charge in [-0.05, 0) is 32.1 Å². The summed E-state index contributed by atoms with van der Waals surface area (Å²) in [6.45, 7) is 7.44. The maximum atomic E-state index is 10.9. The Labute approximate surface area is 86.5 Å². The van der Waals surface area contributed by atoms with E-state index in [-0.39, 0.29) is 5.92 Å². The molecule has 0 aliphatic carbocycles. The Morgan fingerprint density at radius 1 is 1.43 bits per heavy atom. The quantitative estimate of drug-likeness (QED) is 0.615. The van der Waals surface area contributed by atoms with E-state index in [9.17, 15) is 4.79 Å². The Balaban J connectivity index is 3.68. The van der Waals surface area contributed by atoms with Crippen molar-refractivity contribution in [2.24, 2.45) is 11.8 Å². The summed E-state index contributed by atoms with van der Waals surface area (Å²) >= 11 is 0. The molecule has 0 aromatic heterocycles. The first kappa shape index (κ1) is 13.4. The van der Waals surface area contributed by atoms with Crippen LogP contribution in [0.5, 0.6) is 0 Å². The van der Waals surface area contributed by atoms with Crippen LogP contribution in [0.1, 0.15) is 40.0 Å². The van der Waals surface area contributed by atoms with Gasteiger partial charge in [-0.1, -0.05) is 13.8 Å². The second-order valence-electron chi connectivity index (χ2n) is 4.00. The summed E-state index contributed by atoms with van der Waals surface area (Å²) < 4.78 is 5.18. The van der Waals surface area contributed by atoms with Crippen molar-refractivity contribution >= 4 is 5.97 Å². The monoisotopic (exact) mass is 202 g/mol. The third-order valence-electron chi connectivity index (χ3n) is 2.15. The van der Waals surface area contributed by atoms with Gasteiger partial charge in [-0.2, -0.15) is 0 Å². The van der Waals surface area contributed by atoms with Crippen molar-refractivity contribution in [1.29, 1.82) is 0 Å². The average Bonchev–Trinajstić information content (AvgIpc) is 2.09. The molecule has 0 aromatic rings. The lowest BCUT2D eigenvalue weighted by Crippen LogP contribution is -2.16. The second-order valence-corrected chi connectivity index (χ2v) is 4.00. The first-order valence-corrected chi connectivity index (χ1v) is 5.38. The zero-order valence-electron chi connectivity index (χ0n) is 9.45. The maximum absolute atomic E-state index is 10.9. The van der Waals surface area contributed by atoms with E-state index in [1.165, 1.54) is 0 Å². The molecule has 3 heteroatoms. The standard InChI is InChI=1S/C11H22O3/c1-4-14-7-5-6-10(11(12)13)8-9(2)3/h9-10H,4-8H2,1-3H3,(H,12,13). The van der Waals surface area contributed by atoms with Crippen molar-refractivity contribution in [3.63, 3.8) is 0 Å². The normalized spacial score (nSPS) is 13.1. The molecule has 14 heavy (non-hydrogen) atoms. The van der Waals surface area contributed by atoms with Crippen LogP contribution in [0.4, 0.5) is 0 Å². The highest BCUT2D eigenvalue weighted by Crippen LogP contribution is 2.17. The average molecular weight is 202 g/mol. The lowest BCUT2D eigenvalue weighted by molar-refractivity contribution is -0.142. The third kappa shape index (κ3) is 6.89. The van der Waals surface area contributed by atoms with Gasteiger partial charge in [0.1, 0.15) is 0 Å². The van der Waals surface area contributed by atoms with Crippen LogP contribution in [0.25, 0.3) is 0 Å². The second kappa shape index (κ2) is 7.80. The van der Waals surface area contributed by atoms with E-state index in [1.54, 1.807) is 0 Å². The molecule has 0 radical (unpaired) electrons. The van der Waals surface area contributed by atoms with Gasteiger partial charge in [0.05, 0.1) is 5.92 Å². The van der Waals surface area contributed by atoms with Gasteiger partial charge in [0.15, 0.2) is 0 Å². The summed E-state index contributed by atoms with van der Waals surface area (Å²) in [5, 5.41) is 8.94. The predicted molar refractivity (Wildman–Crippen MR) is 56.3 cm³/mol. The van der Waals surface area contributed by atoms with Gasteiger partial charge < -0.3 is 9.84 Å². The molecule has 0 saturated carbocycles. The van der Waals surface area contributed by atoms with E-state index in [0.29, 0.717) is 19.1 Å². The first-order chi connectivity index (χ1) is 6.57. The Morgan fingerprint density at radius 3 is 2.50 bits per heavy atom. The van der Waals surface area contributed by atoms with Crippen LogP contribution in [0.2, 0.25) is 0 Å². The summed E-state index contributed by atoms with van der Waals surface area (Å²) in [5.74, 6) is -0.422. The number of rotatable bonds is 8. The van der Waals surface area contributed by atoms with Crippen LogP contribution in [-0.4, -0.2) is 24.3 Å². The molecule has 84 valence electrons. The van der Waals surface area contributed by atoms with Crippen molar-refractivity contribution in [3.05, 3.63) is 0 Å². The highest BCUT2D eigenvalue weighted by Gasteiger charge is 2.17. The van der Waals surface area contributed by atoms with Crippen molar-refractivity contribution in [3.8, 4) is 0 Å². The first-order valence-electron chi connectivity index (χ1n) is 5.38. The van der Waals surface area contributed by atoms with Crippen LogP contribution < -0.4 is 0 Å². The van der Waals surface area contributed by atoms with E-state index in [2.05, 4.69) is 13.8 Å². The summed E-state index contributed by atoms with van der Waals surface area (Å²) in [4.78, 5) is 10.9. The van der Waals surface area contributed by atoms with Gasteiger partial charge >= 0.3 is 5.97 Å². The minimum absolute atomic E-state index is 0.199. The zero-order chi connectivity index (χ0) is 11.0. The number of carbonyl (C=O) groups is 1. The Bertz CT molecular complexity index is 155. The number of hydrogen-bond donors (Lipinski definition) is 1. The van der Waals surface area contributed by atoms with Crippen molar-refractivity contribution in [2.75, 3.05) is 13.2 Å². The lowest BCUT2D eigenvalue weighted by Gasteiger charge is -2.14. The van der Waals surface area contributed by atoms with E-state index < -0.39 is 5.97 Å². The molecule has 0 rings (SSSR count). The number of aliphatic carboxylic acids is 1. The summed E-state index contributed by atoms with van der Waals surface area (Å²) in [7, 11) is 0. The van der Waals surface area contributed by atoms with Gasteiger partial charge in [-0.25, -0.2) is 0 Å². The molecule has 1 unspecified atom stereocenters. The van der Waals surface area contributed by atoms with Gasteiger partial charge in [-0.3, -0.25) is 4.79 Å². The molecule has 0 aromatic carbocycles. The van der Waals surface area contributed by atoms with Crippen molar-refractivity contribution < 1.29 is 14.6 Å². The van der Waals surface area contributed by atoms with E-state index >= 15 is 0 Å². The Hall–Kier alpha value is -0.570. The maximum Gasteiger partial charge on any atom is 0.306 e. The minimum atomic E-state index is -0.671. The van der Waals surface area contributed by atoms with E-state index in [0.717, 1.165) is 19.3 Å². The van der Waals surface area contributed by atoms with Crippen molar-refractivity contribution in [1.82, 2.24) is 0 Å². The van der Waals surface area contributed by atoms with Gasteiger partial charge in [0.2, 0.25) is 0 Å². The Kier molecular flexibility index (Phi) is 7.48. The van der Waals surface area contributed by atoms with Gasteiger partial charge in [0, 0.05) is 13.2 Å². The fourth-order valence-corrected chi connectivity index (χ4v) is 1.49. The molecule has 0 aliphatic heterocycles. The van der Waals surface area contributed by atoms with Crippen LogP contribution in [0.15, 0.2) is 0 Å². The number of carboxylic acid groups (broad SMARTS) is 1. The zero-order valence-corrected chi connectivity index (χ0v) is 9.45. The molecule has 0 aliphatic rings. The molecule has 0 spiro atoms. The molecule has 1 N–H and O–H groups in total. The molecule has 1 atom stereocenters. The fraction of sp³-hybridized carbons (Fsp3) is 0.909. The SMILES string of the molecule is CCOCCCC(CC(C)C)C(=O)O. The predicted octanol–water partition coefficient (Wildman–Crippen LogP) is 2.55. The number of ether oxygens (including phenoxy) is 1. The van der Waals surface area contributed by atoms with Crippen LogP contribution in [0, 0.1) is 11.8 Å². The fourth-order valence-electron chi connectivity index (χ4n) is 1.49. The number of carboxylic acids is 1. The van der Waals surface area contributed by atoms with Gasteiger partial charge in [-0.15, -0.1) is 0 Å².